The molecule has 0 spiro atoms. The molecule has 1 fully saturated rings. The minimum absolute atomic E-state index is 0. The van der Waals surface area contributed by atoms with E-state index in [1.165, 1.54) is 18.2 Å². The number of rotatable bonds is 2. The Hall–Kier alpha value is -0.980. The van der Waals surface area contributed by atoms with Crippen molar-refractivity contribution in [3.8, 4) is 5.75 Å². The lowest BCUT2D eigenvalue weighted by Gasteiger charge is -2.38. The smallest absolute Gasteiger partial charge is 0.406 e. The number of halogens is 4. The van der Waals surface area contributed by atoms with Crippen molar-refractivity contribution in [2.24, 2.45) is 5.73 Å². The molecule has 0 bridgehead atoms. The highest BCUT2D eigenvalue weighted by Gasteiger charge is 2.37. The van der Waals surface area contributed by atoms with E-state index < -0.39 is 11.9 Å². The lowest BCUT2D eigenvalue weighted by atomic mass is 9.89. The van der Waals surface area contributed by atoms with Gasteiger partial charge in [-0.15, -0.1) is 25.6 Å². The molecule has 0 radical (unpaired) electrons. The summed E-state index contributed by atoms with van der Waals surface area (Å²) in [5.41, 5.74) is 5.79. The van der Waals surface area contributed by atoms with Gasteiger partial charge in [0, 0.05) is 0 Å². The Morgan fingerprint density at radius 1 is 1.29 bits per heavy atom. The fourth-order valence-corrected chi connectivity index (χ4v) is 1.49. The van der Waals surface area contributed by atoms with Crippen molar-refractivity contribution >= 4 is 12.4 Å². The van der Waals surface area contributed by atoms with Crippen LogP contribution in [0.1, 0.15) is 5.56 Å². The summed E-state index contributed by atoms with van der Waals surface area (Å²) in [7, 11) is 0. The molecule has 2 rings (SSSR count). The van der Waals surface area contributed by atoms with Crippen molar-refractivity contribution in [2.75, 3.05) is 13.2 Å². The van der Waals surface area contributed by atoms with Crippen molar-refractivity contribution in [1.29, 1.82) is 0 Å². The van der Waals surface area contributed by atoms with Crippen LogP contribution in [0.3, 0.4) is 0 Å². The van der Waals surface area contributed by atoms with Gasteiger partial charge in [-0.3, -0.25) is 0 Å². The third-order valence-corrected chi connectivity index (χ3v) is 2.36. The van der Waals surface area contributed by atoms with E-state index in [9.17, 15) is 13.2 Å². The van der Waals surface area contributed by atoms with Crippen LogP contribution >= 0.6 is 12.4 Å². The molecule has 3 nitrogen and oxygen atoms in total. The van der Waals surface area contributed by atoms with Crippen molar-refractivity contribution in [3.63, 3.8) is 0 Å². The number of ether oxygens (including phenoxy) is 2. The largest absolute Gasteiger partial charge is 0.573 e. The molecule has 7 heteroatoms. The number of hydrogen-bond donors (Lipinski definition) is 1. The van der Waals surface area contributed by atoms with Gasteiger partial charge in [-0.25, -0.2) is 0 Å². The highest BCUT2D eigenvalue weighted by Crippen LogP contribution is 2.30. The first kappa shape index (κ1) is 14.1. The van der Waals surface area contributed by atoms with E-state index in [0.29, 0.717) is 18.8 Å². The average molecular weight is 270 g/mol. The number of benzene rings is 1. The zero-order valence-electron chi connectivity index (χ0n) is 8.66. The highest BCUT2D eigenvalue weighted by molar-refractivity contribution is 5.85. The van der Waals surface area contributed by atoms with Crippen LogP contribution in [0, 0.1) is 0 Å². The molecule has 1 saturated heterocycles. The van der Waals surface area contributed by atoms with Gasteiger partial charge in [0.25, 0.3) is 0 Å². The fraction of sp³-hybridized carbons (Fsp3) is 0.400. The van der Waals surface area contributed by atoms with E-state index in [1.54, 1.807) is 6.07 Å². The first-order valence-electron chi connectivity index (χ1n) is 4.62. The third-order valence-electron chi connectivity index (χ3n) is 2.36. The maximum atomic E-state index is 12.0. The molecule has 1 aliphatic rings. The summed E-state index contributed by atoms with van der Waals surface area (Å²) in [6, 6.07) is 5.66. The molecule has 96 valence electrons. The summed E-state index contributed by atoms with van der Waals surface area (Å²) in [4.78, 5) is 0. The van der Waals surface area contributed by atoms with Gasteiger partial charge < -0.3 is 15.2 Å². The van der Waals surface area contributed by atoms with E-state index in [2.05, 4.69) is 4.74 Å². The van der Waals surface area contributed by atoms with Gasteiger partial charge in [-0.1, -0.05) is 12.1 Å². The standard InChI is InChI=1S/C10H10F3NO2.ClH/c11-10(12,13)16-8-3-1-2-7(4-8)9(14)5-15-6-9;/h1-4H,5-6,14H2;1H. The van der Waals surface area contributed by atoms with Crippen molar-refractivity contribution in [1.82, 2.24) is 0 Å². The van der Waals surface area contributed by atoms with Gasteiger partial charge in [0.2, 0.25) is 0 Å². The maximum absolute atomic E-state index is 12.0. The molecular weight excluding hydrogens is 259 g/mol. The lowest BCUT2D eigenvalue weighted by molar-refractivity contribution is -0.274. The molecule has 2 N–H and O–H groups in total. The minimum atomic E-state index is -4.68. The molecule has 1 aromatic rings. The molecule has 0 saturated carbocycles. The number of nitrogens with two attached hydrogens (primary N) is 1. The summed E-state index contributed by atoms with van der Waals surface area (Å²) >= 11 is 0. The number of hydrogen-bond acceptors (Lipinski definition) is 3. The summed E-state index contributed by atoms with van der Waals surface area (Å²) in [5, 5.41) is 0. The van der Waals surface area contributed by atoms with E-state index in [4.69, 9.17) is 10.5 Å². The van der Waals surface area contributed by atoms with E-state index in [1.807, 2.05) is 0 Å². The molecule has 0 amide bonds. The van der Waals surface area contributed by atoms with Crippen LogP contribution in [-0.4, -0.2) is 19.6 Å². The Bertz CT molecular complexity index is 393. The second-order valence-corrected chi connectivity index (χ2v) is 3.72. The molecule has 1 heterocycles. The molecule has 1 aliphatic heterocycles. The van der Waals surface area contributed by atoms with Crippen LogP contribution in [0.2, 0.25) is 0 Å². The molecule has 0 atom stereocenters. The minimum Gasteiger partial charge on any atom is -0.406 e. The van der Waals surface area contributed by atoms with Crippen molar-refractivity contribution in [3.05, 3.63) is 29.8 Å². The molecular formula is C10H11ClF3NO2. The Morgan fingerprint density at radius 2 is 1.94 bits per heavy atom. The normalized spacial score (nSPS) is 17.9. The first-order chi connectivity index (χ1) is 7.39. The van der Waals surface area contributed by atoms with E-state index in [-0.39, 0.29) is 18.2 Å². The van der Waals surface area contributed by atoms with Crippen LogP contribution < -0.4 is 10.5 Å². The SMILES string of the molecule is Cl.NC1(c2cccc(OC(F)(F)F)c2)COC1. The topological polar surface area (TPSA) is 44.5 Å². The predicted molar refractivity (Wildman–Crippen MR) is 57.1 cm³/mol. The van der Waals surface area contributed by atoms with Crippen LogP contribution in [0.4, 0.5) is 13.2 Å². The second kappa shape index (κ2) is 4.72. The Kier molecular flexibility index (Phi) is 3.91. The van der Waals surface area contributed by atoms with Gasteiger partial charge in [0.05, 0.1) is 18.8 Å². The van der Waals surface area contributed by atoms with Gasteiger partial charge in [0.15, 0.2) is 0 Å². The van der Waals surface area contributed by atoms with Gasteiger partial charge in [0.1, 0.15) is 5.75 Å². The predicted octanol–water partition coefficient (Wildman–Crippen LogP) is 2.19. The Balaban J connectivity index is 0.00000144. The zero-order chi connectivity index (χ0) is 11.8. The van der Waals surface area contributed by atoms with Gasteiger partial charge >= 0.3 is 6.36 Å². The zero-order valence-corrected chi connectivity index (χ0v) is 9.48. The van der Waals surface area contributed by atoms with Gasteiger partial charge in [-0.2, -0.15) is 0 Å². The van der Waals surface area contributed by atoms with Gasteiger partial charge in [-0.05, 0) is 17.7 Å². The Labute approximate surface area is 102 Å². The molecule has 17 heavy (non-hydrogen) atoms. The number of alkyl halides is 3. The highest BCUT2D eigenvalue weighted by atomic mass is 35.5. The maximum Gasteiger partial charge on any atom is 0.573 e. The quantitative estimate of drug-likeness (QED) is 0.895. The fourth-order valence-electron chi connectivity index (χ4n) is 1.49. The van der Waals surface area contributed by atoms with Crippen LogP contribution in [-0.2, 0) is 10.3 Å². The van der Waals surface area contributed by atoms with E-state index >= 15 is 0 Å². The summed E-state index contributed by atoms with van der Waals surface area (Å²) in [6.45, 7) is 0.616. The van der Waals surface area contributed by atoms with Crippen LogP contribution in [0.5, 0.6) is 5.75 Å². The van der Waals surface area contributed by atoms with Crippen molar-refractivity contribution in [2.45, 2.75) is 11.9 Å². The molecule has 0 aromatic heterocycles. The summed E-state index contributed by atoms with van der Waals surface area (Å²) < 4.78 is 44.7. The average Bonchev–Trinajstić information content (AvgIpc) is 2.12. The van der Waals surface area contributed by atoms with Crippen LogP contribution in [0.25, 0.3) is 0 Å². The molecule has 0 unspecified atom stereocenters. The summed E-state index contributed by atoms with van der Waals surface area (Å²) in [5.74, 6) is -0.262. The third kappa shape index (κ3) is 3.24. The van der Waals surface area contributed by atoms with Crippen molar-refractivity contribution < 1.29 is 22.6 Å². The monoisotopic (exact) mass is 269 g/mol. The first-order valence-corrected chi connectivity index (χ1v) is 4.62. The lowest BCUT2D eigenvalue weighted by Crippen LogP contribution is -2.54. The molecule has 0 aliphatic carbocycles. The second-order valence-electron chi connectivity index (χ2n) is 3.72. The Morgan fingerprint density at radius 3 is 2.41 bits per heavy atom. The van der Waals surface area contributed by atoms with E-state index in [0.717, 1.165) is 0 Å². The molecule has 1 aromatic carbocycles. The van der Waals surface area contributed by atoms with Crippen LogP contribution in [0.15, 0.2) is 24.3 Å². The summed E-state index contributed by atoms with van der Waals surface area (Å²) in [6.07, 6.45) is -4.68.